The molecule has 0 bridgehead atoms. The van der Waals surface area contributed by atoms with Gasteiger partial charge in [0.25, 0.3) is 0 Å². The van der Waals surface area contributed by atoms with Gasteiger partial charge in [0.05, 0.1) is 6.04 Å². The van der Waals surface area contributed by atoms with Crippen LogP contribution in [0.1, 0.15) is 26.3 Å². The predicted octanol–water partition coefficient (Wildman–Crippen LogP) is 3.86. The number of hydrogen-bond donors (Lipinski definition) is 0. The van der Waals surface area contributed by atoms with Gasteiger partial charge in [0.2, 0.25) is 0 Å². The zero-order valence-electron chi connectivity index (χ0n) is 12.5. The summed E-state index contributed by atoms with van der Waals surface area (Å²) in [4.78, 5) is 14.1. The van der Waals surface area contributed by atoms with Crippen LogP contribution in [0, 0.1) is 11.8 Å². The summed E-state index contributed by atoms with van der Waals surface area (Å²) >= 11 is 0. The molecule has 1 aliphatic heterocycles. The third-order valence-electron chi connectivity index (χ3n) is 4.01. The second-order valence-electron chi connectivity index (χ2n) is 5.65. The minimum Gasteiger partial charge on any atom is -0.445 e. The van der Waals surface area contributed by atoms with E-state index in [4.69, 9.17) is 4.74 Å². The number of allylic oxidation sites excluding steroid dienone is 1. The van der Waals surface area contributed by atoms with Crippen molar-refractivity contribution < 1.29 is 9.53 Å². The van der Waals surface area contributed by atoms with E-state index in [1.807, 2.05) is 42.2 Å². The highest BCUT2D eigenvalue weighted by Gasteiger charge is 2.26. The fourth-order valence-electron chi connectivity index (χ4n) is 2.32. The summed E-state index contributed by atoms with van der Waals surface area (Å²) in [5, 5.41) is 0. The lowest BCUT2D eigenvalue weighted by Gasteiger charge is -2.28. The van der Waals surface area contributed by atoms with E-state index in [1.54, 1.807) is 0 Å². The Balaban J connectivity index is 1.96. The molecule has 0 N–H and O–H groups in total. The minimum absolute atomic E-state index is 0.0886. The summed E-state index contributed by atoms with van der Waals surface area (Å²) in [6.07, 6.45) is 4.06. The van der Waals surface area contributed by atoms with Crippen molar-refractivity contribution >= 4 is 6.09 Å². The van der Waals surface area contributed by atoms with Gasteiger partial charge in [-0.3, -0.25) is 0 Å². The average molecular weight is 273 g/mol. The van der Waals surface area contributed by atoms with E-state index in [9.17, 15) is 4.79 Å². The third-order valence-corrected chi connectivity index (χ3v) is 4.01. The first-order valence-corrected chi connectivity index (χ1v) is 7.23. The molecule has 0 spiro atoms. The maximum absolute atomic E-state index is 12.3. The number of amides is 1. The van der Waals surface area contributed by atoms with Crippen LogP contribution in [-0.2, 0) is 11.3 Å². The van der Waals surface area contributed by atoms with Crippen molar-refractivity contribution in [3.8, 4) is 0 Å². The molecule has 0 aromatic heterocycles. The Morgan fingerprint density at radius 3 is 2.60 bits per heavy atom. The largest absolute Gasteiger partial charge is 0.445 e. The van der Waals surface area contributed by atoms with E-state index in [1.165, 1.54) is 0 Å². The van der Waals surface area contributed by atoms with Crippen LogP contribution in [0.3, 0.4) is 0 Å². The molecule has 1 aromatic carbocycles. The maximum Gasteiger partial charge on any atom is 0.410 e. The smallest absolute Gasteiger partial charge is 0.410 e. The molecule has 0 radical (unpaired) electrons. The highest BCUT2D eigenvalue weighted by molar-refractivity contribution is 5.68. The van der Waals surface area contributed by atoms with Crippen molar-refractivity contribution in [2.45, 2.75) is 33.4 Å². The molecule has 108 valence electrons. The van der Waals surface area contributed by atoms with Crippen LogP contribution in [0.15, 0.2) is 42.5 Å². The first-order chi connectivity index (χ1) is 9.58. The molecule has 1 aromatic rings. The highest BCUT2D eigenvalue weighted by Crippen LogP contribution is 2.21. The zero-order valence-corrected chi connectivity index (χ0v) is 12.5. The van der Waals surface area contributed by atoms with Crippen LogP contribution < -0.4 is 0 Å². The first kappa shape index (κ1) is 14.6. The summed E-state index contributed by atoms with van der Waals surface area (Å²) in [5.41, 5.74) is 1.01. The Morgan fingerprint density at radius 1 is 1.20 bits per heavy atom. The molecule has 1 amide bonds. The Kier molecular flexibility index (Phi) is 4.83. The molecule has 1 heterocycles. The van der Waals surface area contributed by atoms with Crippen molar-refractivity contribution in [1.29, 1.82) is 0 Å². The lowest BCUT2D eigenvalue weighted by atomic mass is 9.96. The Labute approximate surface area is 121 Å². The van der Waals surface area contributed by atoms with Gasteiger partial charge in [-0.1, -0.05) is 56.3 Å². The van der Waals surface area contributed by atoms with Crippen molar-refractivity contribution in [3.63, 3.8) is 0 Å². The molecule has 0 fully saturated rings. The summed E-state index contributed by atoms with van der Waals surface area (Å²) in [7, 11) is 0. The van der Waals surface area contributed by atoms with Gasteiger partial charge in [0, 0.05) is 6.54 Å². The second kappa shape index (κ2) is 6.60. The molecule has 0 saturated heterocycles. The number of nitrogens with zero attached hydrogens (tertiary/aromatic N) is 1. The molecule has 0 aliphatic carbocycles. The Bertz CT molecular complexity index is 469. The van der Waals surface area contributed by atoms with Gasteiger partial charge in [-0.15, -0.1) is 0 Å². The highest BCUT2D eigenvalue weighted by atomic mass is 16.6. The molecular formula is C17H23NO2. The lowest BCUT2D eigenvalue weighted by Crippen LogP contribution is -2.40. The first-order valence-electron chi connectivity index (χ1n) is 7.23. The number of hydrogen-bond acceptors (Lipinski definition) is 2. The maximum atomic E-state index is 12.3. The van der Waals surface area contributed by atoms with Gasteiger partial charge < -0.3 is 9.64 Å². The molecule has 0 saturated carbocycles. The standard InChI is InChI=1S/C17H23NO2/c1-13-9-10-15(3)18(11-14(13)2)17(19)20-12-16-7-5-4-6-8-16/h4-10,13-15H,11-12H2,1-3H3/t13-,14-,15-/m1/s1. The van der Waals surface area contributed by atoms with Gasteiger partial charge in [-0.2, -0.15) is 0 Å². The zero-order chi connectivity index (χ0) is 14.5. The van der Waals surface area contributed by atoms with Crippen molar-refractivity contribution in [1.82, 2.24) is 4.90 Å². The van der Waals surface area contributed by atoms with E-state index in [0.717, 1.165) is 12.1 Å². The van der Waals surface area contributed by atoms with Crippen LogP contribution in [0.4, 0.5) is 4.79 Å². The van der Waals surface area contributed by atoms with Crippen LogP contribution in [0.25, 0.3) is 0 Å². The average Bonchev–Trinajstić information content (AvgIpc) is 2.59. The molecule has 0 unspecified atom stereocenters. The topological polar surface area (TPSA) is 29.5 Å². The number of carbonyl (C=O) groups is 1. The van der Waals surface area contributed by atoms with E-state index in [0.29, 0.717) is 18.4 Å². The molecule has 3 atom stereocenters. The minimum atomic E-state index is -0.230. The summed E-state index contributed by atoms with van der Waals surface area (Å²) in [5.74, 6) is 0.935. The van der Waals surface area contributed by atoms with Gasteiger partial charge in [-0.25, -0.2) is 4.79 Å². The van der Waals surface area contributed by atoms with E-state index >= 15 is 0 Å². The van der Waals surface area contributed by atoms with E-state index in [-0.39, 0.29) is 12.1 Å². The number of benzene rings is 1. The monoisotopic (exact) mass is 273 g/mol. The fraction of sp³-hybridized carbons (Fsp3) is 0.471. The molecule has 3 heteroatoms. The number of ether oxygens (including phenoxy) is 1. The molecule has 20 heavy (non-hydrogen) atoms. The normalized spacial score (nSPS) is 26.1. The summed E-state index contributed by atoms with van der Waals surface area (Å²) < 4.78 is 5.43. The molecule has 3 nitrogen and oxygen atoms in total. The SMILES string of the molecule is C[C@@H]1C=C[C@@H](C)N(C(=O)OCc2ccccc2)C[C@H]1C. The summed E-state index contributed by atoms with van der Waals surface area (Å²) in [6, 6.07) is 9.86. The lowest BCUT2D eigenvalue weighted by molar-refractivity contribution is 0.0837. The number of carbonyl (C=O) groups excluding carboxylic acids is 1. The van der Waals surface area contributed by atoms with Crippen molar-refractivity contribution in [3.05, 3.63) is 48.0 Å². The third kappa shape index (κ3) is 3.62. The van der Waals surface area contributed by atoms with Crippen LogP contribution in [0.2, 0.25) is 0 Å². The van der Waals surface area contributed by atoms with Gasteiger partial charge in [0.1, 0.15) is 6.61 Å². The molecule has 1 aliphatic rings. The quantitative estimate of drug-likeness (QED) is 0.766. The van der Waals surface area contributed by atoms with Crippen molar-refractivity contribution in [2.24, 2.45) is 11.8 Å². The molecular weight excluding hydrogens is 250 g/mol. The van der Waals surface area contributed by atoms with E-state index in [2.05, 4.69) is 26.0 Å². The van der Waals surface area contributed by atoms with E-state index < -0.39 is 0 Å². The van der Waals surface area contributed by atoms with Gasteiger partial charge in [0.15, 0.2) is 0 Å². The predicted molar refractivity (Wildman–Crippen MR) is 80.3 cm³/mol. The van der Waals surface area contributed by atoms with Crippen molar-refractivity contribution in [2.75, 3.05) is 6.54 Å². The van der Waals surface area contributed by atoms with Crippen LogP contribution >= 0.6 is 0 Å². The van der Waals surface area contributed by atoms with Crippen LogP contribution in [0.5, 0.6) is 0 Å². The number of rotatable bonds is 2. The fourth-order valence-corrected chi connectivity index (χ4v) is 2.32. The molecule has 2 rings (SSSR count). The van der Waals surface area contributed by atoms with Gasteiger partial charge in [-0.05, 0) is 24.3 Å². The summed E-state index contributed by atoms with van der Waals surface area (Å²) in [6.45, 7) is 7.46. The van der Waals surface area contributed by atoms with Gasteiger partial charge >= 0.3 is 6.09 Å². The Morgan fingerprint density at radius 2 is 1.90 bits per heavy atom. The Hall–Kier alpha value is -1.77. The second-order valence-corrected chi connectivity index (χ2v) is 5.65. The van der Waals surface area contributed by atoms with Crippen LogP contribution in [-0.4, -0.2) is 23.6 Å².